The highest BCUT2D eigenvalue weighted by Gasteiger charge is 2.30. The Labute approximate surface area is 73.7 Å². The van der Waals surface area contributed by atoms with Crippen LogP contribution in [-0.2, 0) is 0 Å². The van der Waals surface area contributed by atoms with Crippen LogP contribution in [0.2, 0.25) is 0 Å². The molecule has 68 valence electrons. The summed E-state index contributed by atoms with van der Waals surface area (Å²) in [5, 5.41) is 12.0. The first-order valence-corrected chi connectivity index (χ1v) is 5.10. The minimum Gasteiger partial charge on any atom is -0.411 e. The number of oxime groups is 1. The zero-order valence-electron chi connectivity index (χ0n) is 7.50. The molecule has 2 fully saturated rings. The summed E-state index contributed by atoms with van der Waals surface area (Å²) in [7, 11) is 0. The Bertz CT molecular complexity index is 188. The molecule has 12 heavy (non-hydrogen) atoms. The highest BCUT2D eigenvalue weighted by Crippen LogP contribution is 2.39. The Hall–Kier alpha value is -0.530. The van der Waals surface area contributed by atoms with Gasteiger partial charge in [0, 0.05) is 0 Å². The molecule has 0 unspecified atom stereocenters. The molecule has 2 atom stereocenters. The van der Waals surface area contributed by atoms with Crippen molar-refractivity contribution in [2.45, 2.75) is 44.9 Å². The van der Waals surface area contributed by atoms with E-state index >= 15 is 0 Å². The highest BCUT2D eigenvalue weighted by molar-refractivity contribution is 5.84. The van der Waals surface area contributed by atoms with Crippen molar-refractivity contribution in [1.82, 2.24) is 0 Å². The predicted molar refractivity (Wildman–Crippen MR) is 48.5 cm³/mol. The van der Waals surface area contributed by atoms with Crippen LogP contribution in [-0.4, -0.2) is 10.9 Å². The highest BCUT2D eigenvalue weighted by atomic mass is 16.4. The topological polar surface area (TPSA) is 32.6 Å². The summed E-state index contributed by atoms with van der Waals surface area (Å²) in [5.41, 5.74) is 1.04. The normalized spacial score (nSPS) is 39.5. The van der Waals surface area contributed by atoms with Gasteiger partial charge in [-0.05, 0) is 37.5 Å². The second kappa shape index (κ2) is 3.46. The summed E-state index contributed by atoms with van der Waals surface area (Å²) in [6.07, 6.45) is 8.97. The van der Waals surface area contributed by atoms with E-state index in [4.69, 9.17) is 5.21 Å². The number of hydrogen-bond acceptors (Lipinski definition) is 2. The molecule has 2 aliphatic carbocycles. The molecule has 0 aromatic rings. The second-order valence-electron chi connectivity index (χ2n) is 4.21. The molecule has 2 heteroatoms. The standard InChI is InChI=1S/C10H17NO/c12-11-10-6-5-8-3-1-2-4-9(8)7-10/h8-9,12H,1-7H2/b11-10-/t8-,9-/m0/s1. The molecule has 2 aliphatic rings. The Morgan fingerprint density at radius 1 is 1.08 bits per heavy atom. The van der Waals surface area contributed by atoms with E-state index in [-0.39, 0.29) is 0 Å². The molecule has 0 radical (unpaired) electrons. The van der Waals surface area contributed by atoms with Crippen molar-refractivity contribution in [3.8, 4) is 0 Å². The van der Waals surface area contributed by atoms with Crippen LogP contribution in [0.5, 0.6) is 0 Å². The zero-order valence-corrected chi connectivity index (χ0v) is 7.50. The van der Waals surface area contributed by atoms with E-state index in [1.807, 2.05) is 0 Å². The zero-order chi connectivity index (χ0) is 8.39. The largest absolute Gasteiger partial charge is 0.411 e. The lowest BCUT2D eigenvalue weighted by Gasteiger charge is -2.35. The van der Waals surface area contributed by atoms with Gasteiger partial charge in [-0.2, -0.15) is 0 Å². The van der Waals surface area contributed by atoms with Gasteiger partial charge in [0.2, 0.25) is 0 Å². The summed E-state index contributed by atoms with van der Waals surface area (Å²) in [6.45, 7) is 0. The van der Waals surface area contributed by atoms with Crippen LogP contribution < -0.4 is 0 Å². The van der Waals surface area contributed by atoms with Crippen molar-refractivity contribution in [2.24, 2.45) is 17.0 Å². The quantitative estimate of drug-likeness (QED) is 0.436. The maximum atomic E-state index is 8.67. The molecule has 0 saturated heterocycles. The first-order valence-electron chi connectivity index (χ1n) is 5.10. The minimum atomic E-state index is 0.846. The summed E-state index contributed by atoms with van der Waals surface area (Å²) in [6, 6.07) is 0. The fourth-order valence-corrected chi connectivity index (χ4v) is 2.78. The molecule has 0 aromatic heterocycles. The Kier molecular flexibility index (Phi) is 2.33. The van der Waals surface area contributed by atoms with Gasteiger partial charge in [0.1, 0.15) is 0 Å². The van der Waals surface area contributed by atoms with E-state index in [0.29, 0.717) is 0 Å². The molecular formula is C10H17NO. The average Bonchev–Trinajstić information content (AvgIpc) is 2.17. The Balaban J connectivity index is 1.98. The van der Waals surface area contributed by atoms with Crippen molar-refractivity contribution < 1.29 is 5.21 Å². The third kappa shape index (κ3) is 1.47. The van der Waals surface area contributed by atoms with Gasteiger partial charge < -0.3 is 5.21 Å². The lowest BCUT2D eigenvalue weighted by molar-refractivity contribution is 0.212. The first kappa shape index (κ1) is 8.09. The fraction of sp³-hybridized carbons (Fsp3) is 0.900. The second-order valence-corrected chi connectivity index (χ2v) is 4.21. The maximum Gasteiger partial charge on any atom is 0.0573 e. The van der Waals surface area contributed by atoms with Crippen LogP contribution in [0.15, 0.2) is 5.16 Å². The van der Waals surface area contributed by atoms with Gasteiger partial charge in [0.25, 0.3) is 0 Å². The minimum absolute atomic E-state index is 0.846. The van der Waals surface area contributed by atoms with Crippen molar-refractivity contribution in [3.05, 3.63) is 0 Å². The summed E-state index contributed by atoms with van der Waals surface area (Å²) in [5.74, 6) is 1.79. The molecule has 0 bridgehead atoms. The van der Waals surface area contributed by atoms with Crippen LogP contribution >= 0.6 is 0 Å². The summed E-state index contributed by atoms with van der Waals surface area (Å²) >= 11 is 0. The SMILES string of the molecule is O/N=C1/CC[C@@H]2CCCC[C@H]2C1. The average molecular weight is 167 g/mol. The van der Waals surface area contributed by atoms with Crippen LogP contribution in [0.25, 0.3) is 0 Å². The van der Waals surface area contributed by atoms with Gasteiger partial charge in [-0.3, -0.25) is 0 Å². The van der Waals surface area contributed by atoms with Gasteiger partial charge in [-0.1, -0.05) is 24.4 Å². The van der Waals surface area contributed by atoms with E-state index in [1.165, 1.54) is 32.1 Å². The lowest BCUT2D eigenvalue weighted by atomic mass is 9.70. The maximum absolute atomic E-state index is 8.67. The third-order valence-corrected chi connectivity index (χ3v) is 3.51. The van der Waals surface area contributed by atoms with Crippen LogP contribution in [0.4, 0.5) is 0 Å². The molecule has 0 spiro atoms. The van der Waals surface area contributed by atoms with Crippen LogP contribution in [0, 0.1) is 11.8 Å². The molecule has 2 saturated carbocycles. The van der Waals surface area contributed by atoms with Crippen molar-refractivity contribution in [3.63, 3.8) is 0 Å². The molecule has 0 amide bonds. The van der Waals surface area contributed by atoms with E-state index in [2.05, 4.69) is 5.16 Å². The number of rotatable bonds is 0. The third-order valence-electron chi connectivity index (χ3n) is 3.51. The first-order chi connectivity index (χ1) is 5.90. The van der Waals surface area contributed by atoms with Crippen LogP contribution in [0.3, 0.4) is 0 Å². The lowest BCUT2D eigenvalue weighted by Crippen LogP contribution is -2.27. The molecule has 2 nitrogen and oxygen atoms in total. The van der Waals surface area contributed by atoms with E-state index in [9.17, 15) is 0 Å². The fourth-order valence-electron chi connectivity index (χ4n) is 2.78. The van der Waals surface area contributed by atoms with E-state index < -0.39 is 0 Å². The molecule has 0 heterocycles. The molecular weight excluding hydrogens is 150 g/mol. The molecule has 2 rings (SSSR count). The Morgan fingerprint density at radius 3 is 2.58 bits per heavy atom. The van der Waals surface area contributed by atoms with E-state index in [0.717, 1.165) is 30.4 Å². The summed E-state index contributed by atoms with van der Waals surface area (Å²) in [4.78, 5) is 0. The molecule has 0 aliphatic heterocycles. The smallest absolute Gasteiger partial charge is 0.0573 e. The van der Waals surface area contributed by atoms with Gasteiger partial charge >= 0.3 is 0 Å². The predicted octanol–water partition coefficient (Wildman–Crippen LogP) is 2.81. The van der Waals surface area contributed by atoms with Gasteiger partial charge in [0.05, 0.1) is 5.71 Å². The van der Waals surface area contributed by atoms with Crippen molar-refractivity contribution in [1.29, 1.82) is 0 Å². The number of nitrogens with zero attached hydrogens (tertiary/aromatic N) is 1. The van der Waals surface area contributed by atoms with Gasteiger partial charge in [0.15, 0.2) is 0 Å². The number of hydrogen-bond donors (Lipinski definition) is 1. The Morgan fingerprint density at radius 2 is 1.83 bits per heavy atom. The monoisotopic (exact) mass is 167 g/mol. The van der Waals surface area contributed by atoms with Gasteiger partial charge in [-0.15, -0.1) is 0 Å². The molecule has 1 N–H and O–H groups in total. The van der Waals surface area contributed by atoms with Crippen molar-refractivity contribution >= 4 is 5.71 Å². The van der Waals surface area contributed by atoms with Crippen LogP contribution in [0.1, 0.15) is 44.9 Å². The van der Waals surface area contributed by atoms with Crippen molar-refractivity contribution in [2.75, 3.05) is 0 Å². The number of fused-ring (bicyclic) bond motifs is 1. The molecule has 0 aromatic carbocycles. The van der Waals surface area contributed by atoms with Gasteiger partial charge in [-0.25, -0.2) is 0 Å². The summed E-state index contributed by atoms with van der Waals surface area (Å²) < 4.78 is 0. The van der Waals surface area contributed by atoms with E-state index in [1.54, 1.807) is 0 Å².